The Morgan fingerprint density at radius 3 is 2.50 bits per heavy atom. The highest BCUT2D eigenvalue weighted by atomic mass is 35.5. The summed E-state index contributed by atoms with van der Waals surface area (Å²) in [6.07, 6.45) is 0. The molecule has 0 fully saturated rings. The number of benzene rings is 1. The van der Waals surface area contributed by atoms with Gasteiger partial charge in [0.1, 0.15) is 11.9 Å². The van der Waals surface area contributed by atoms with E-state index in [1.165, 1.54) is 12.1 Å². The van der Waals surface area contributed by atoms with Crippen LogP contribution < -0.4 is 5.73 Å². The van der Waals surface area contributed by atoms with E-state index >= 15 is 0 Å². The molecule has 1 aromatic carbocycles. The SMILES string of the molecule is CC(C)c1cc(C(N)C(=O)O)cc(Cl)c1F. The van der Waals surface area contributed by atoms with Crippen molar-refractivity contribution in [1.82, 2.24) is 0 Å². The van der Waals surface area contributed by atoms with Gasteiger partial charge in [-0.2, -0.15) is 0 Å². The monoisotopic (exact) mass is 245 g/mol. The van der Waals surface area contributed by atoms with Gasteiger partial charge in [-0.15, -0.1) is 0 Å². The summed E-state index contributed by atoms with van der Waals surface area (Å²) in [6, 6.07) is 1.52. The molecule has 1 rings (SSSR count). The van der Waals surface area contributed by atoms with E-state index in [1.807, 2.05) is 0 Å². The first-order valence-corrected chi connectivity index (χ1v) is 5.19. The molecule has 0 saturated heterocycles. The number of hydrogen-bond acceptors (Lipinski definition) is 2. The Morgan fingerprint density at radius 1 is 1.50 bits per heavy atom. The second-order valence-corrected chi connectivity index (χ2v) is 4.28. The van der Waals surface area contributed by atoms with Gasteiger partial charge in [0, 0.05) is 0 Å². The van der Waals surface area contributed by atoms with Crippen LogP contribution in [0, 0.1) is 5.82 Å². The molecule has 0 spiro atoms. The Morgan fingerprint density at radius 2 is 2.06 bits per heavy atom. The van der Waals surface area contributed by atoms with Crippen LogP contribution in [0.25, 0.3) is 0 Å². The summed E-state index contributed by atoms with van der Waals surface area (Å²) in [4.78, 5) is 10.7. The van der Waals surface area contributed by atoms with Gasteiger partial charge in [-0.3, -0.25) is 4.79 Å². The van der Waals surface area contributed by atoms with E-state index in [0.717, 1.165) is 0 Å². The molecular formula is C11H13ClFNO2. The number of carboxylic acids is 1. The normalized spacial score (nSPS) is 12.9. The first-order chi connectivity index (χ1) is 7.34. The van der Waals surface area contributed by atoms with Crippen molar-refractivity contribution in [1.29, 1.82) is 0 Å². The Hall–Kier alpha value is -1.13. The topological polar surface area (TPSA) is 63.3 Å². The standard InChI is InChI=1S/C11H13ClFNO2/c1-5(2)7-3-6(10(14)11(15)16)4-8(12)9(7)13/h3-5,10H,14H2,1-2H3,(H,15,16). The van der Waals surface area contributed by atoms with E-state index in [2.05, 4.69) is 0 Å². The molecule has 0 radical (unpaired) electrons. The fraction of sp³-hybridized carbons (Fsp3) is 0.364. The largest absolute Gasteiger partial charge is 0.480 e. The molecule has 0 bridgehead atoms. The average molecular weight is 246 g/mol. The van der Waals surface area contributed by atoms with Crippen molar-refractivity contribution in [3.63, 3.8) is 0 Å². The highest BCUT2D eigenvalue weighted by Crippen LogP contribution is 2.28. The van der Waals surface area contributed by atoms with Gasteiger partial charge >= 0.3 is 5.97 Å². The van der Waals surface area contributed by atoms with Gasteiger partial charge < -0.3 is 10.8 Å². The number of carboxylic acid groups (broad SMARTS) is 1. The maximum atomic E-state index is 13.6. The zero-order valence-electron chi connectivity index (χ0n) is 9.00. The van der Waals surface area contributed by atoms with Gasteiger partial charge in [0.25, 0.3) is 0 Å². The van der Waals surface area contributed by atoms with Gasteiger partial charge in [0.15, 0.2) is 0 Å². The van der Waals surface area contributed by atoms with Gasteiger partial charge in [0.05, 0.1) is 5.02 Å². The van der Waals surface area contributed by atoms with Crippen LogP contribution in [0.15, 0.2) is 12.1 Å². The smallest absolute Gasteiger partial charge is 0.325 e. The fourth-order valence-electron chi connectivity index (χ4n) is 1.37. The van der Waals surface area contributed by atoms with Crippen molar-refractivity contribution in [2.24, 2.45) is 5.73 Å². The maximum absolute atomic E-state index is 13.6. The molecule has 0 aliphatic rings. The first-order valence-electron chi connectivity index (χ1n) is 4.81. The summed E-state index contributed by atoms with van der Waals surface area (Å²) in [6.45, 7) is 3.59. The van der Waals surface area contributed by atoms with Crippen LogP contribution in [0.5, 0.6) is 0 Å². The summed E-state index contributed by atoms with van der Waals surface area (Å²) in [5, 5.41) is 8.66. The van der Waals surface area contributed by atoms with Crippen molar-refractivity contribution >= 4 is 17.6 Å². The lowest BCUT2D eigenvalue weighted by Gasteiger charge is -2.13. The highest BCUT2D eigenvalue weighted by Gasteiger charge is 2.19. The molecule has 16 heavy (non-hydrogen) atoms. The van der Waals surface area contributed by atoms with Crippen molar-refractivity contribution < 1.29 is 14.3 Å². The summed E-state index contributed by atoms with van der Waals surface area (Å²) >= 11 is 5.69. The molecule has 5 heteroatoms. The van der Waals surface area contributed by atoms with Crippen LogP contribution in [-0.4, -0.2) is 11.1 Å². The van der Waals surface area contributed by atoms with Crippen LogP contribution in [0.3, 0.4) is 0 Å². The average Bonchev–Trinajstić information content (AvgIpc) is 2.20. The molecule has 0 amide bonds. The van der Waals surface area contributed by atoms with Crippen LogP contribution in [0.2, 0.25) is 5.02 Å². The van der Waals surface area contributed by atoms with Crippen LogP contribution in [-0.2, 0) is 4.79 Å². The summed E-state index contributed by atoms with van der Waals surface area (Å²) < 4.78 is 13.6. The zero-order valence-corrected chi connectivity index (χ0v) is 9.75. The predicted molar refractivity (Wildman–Crippen MR) is 60.1 cm³/mol. The fourth-order valence-corrected chi connectivity index (χ4v) is 1.61. The molecule has 1 unspecified atom stereocenters. The van der Waals surface area contributed by atoms with Crippen LogP contribution in [0.1, 0.15) is 36.9 Å². The van der Waals surface area contributed by atoms with Gasteiger partial charge in [0.2, 0.25) is 0 Å². The lowest BCUT2D eigenvalue weighted by Crippen LogP contribution is -2.21. The minimum absolute atomic E-state index is 0.0848. The van der Waals surface area contributed by atoms with E-state index in [4.69, 9.17) is 22.4 Å². The van der Waals surface area contributed by atoms with Gasteiger partial charge in [-0.05, 0) is 23.1 Å². The summed E-state index contributed by atoms with van der Waals surface area (Å²) in [5.41, 5.74) is 6.13. The molecule has 0 saturated carbocycles. The molecule has 1 aromatic rings. The quantitative estimate of drug-likeness (QED) is 0.861. The number of nitrogens with two attached hydrogens (primary N) is 1. The van der Waals surface area contributed by atoms with Crippen molar-refractivity contribution in [3.05, 3.63) is 34.1 Å². The summed E-state index contributed by atoms with van der Waals surface area (Å²) in [5.74, 6) is -1.77. The molecule has 88 valence electrons. The molecule has 0 aliphatic heterocycles. The number of halogens is 2. The zero-order chi connectivity index (χ0) is 12.5. The Bertz CT molecular complexity index is 421. The minimum Gasteiger partial charge on any atom is -0.480 e. The second kappa shape index (κ2) is 4.80. The molecule has 0 heterocycles. The van der Waals surface area contributed by atoms with Crippen molar-refractivity contribution in [2.45, 2.75) is 25.8 Å². The highest BCUT2D eigenvalue weighted by molar-refractivity contribution is 6.30. The minimum atomic E-state index is -1.18. The molecule has 1 atom stereocenters. The molecular weight excluding hydrogens is 233 g/mol. The van der Waals surface area contributed by atoms with E-state index in [1.54, 1.807) is 13.8 Å². The van der Waals surface area contributed by atoms with E-state index in [-0.39, 0.29) is 10.9 Å². The van der Waals surface area contributed by atoms with E-state index < -0.39 is 17.8 Å². The van der Waals surface area contributed by atoms with Crippen molar-refractivity contribution in [2.75, 3.05) is 0 Å². The third-order valence-corrected chi connectivity index (χ3v) is 2.60. The summed E-state index contributed by atoms with van der Waals surface area (Å²) in [7, 11) is 0. The number of rotatable bonds is 3. The van der Waals surface area contributed by atoms with E-state index in [9.17, 15) is 9.18 Å². The lowest BCUT2D eigenvalue weighted by molar-refractivity contribution is -0.138. The van der Waals surface area contributed by atoms with Gasteiger partial charge in [-0.25, -0.2) is 4.39 Å². The van der Waals surface area contributed by atoms with E-state index in [0.29, 0.717) is 11.1 Å². The maximum Gasteiger partial charge on any atom is 0.325 e. The Labute approximate surface area is 98.0 Å². The predicted octanol–water partition coefficient (Wildman–Crippen LogP) is 2.69. The van der Waals surface area contributed by atoms with Gasteiger partial charge in [-0.1, -0.05) is 31.5 Å². The first kappa shape index (κ1) is 12.9. The second-order valence-electron chi connectivity index (χ2n) is 3.88. The Balaban J connectivity index is 3.29. The van der Waals surface area contributed by atoms with Crippen LogP contribution in [0.4, 0.5) is 4.39 Å². The number of carbonyl (C=O) groups is 1. The van der Waals surface area contributed by atoms with Crippen molar-refractivity contribution in [3.8, 4) is 0 Å². The Kier molecular flexibility index (Phi) is 3.88. The third-order valence-electron chi connectivity index (χ3n) is 2.33. The lowest BCUT2D eigenvalue weighted by atomic mass is 9.97. The molecule has 0 aliphatic carbocycles. The number of aliphatic carboxylic acids is 1. The number of hydrogen-bond donors (Lipinski definition) is 2. The third kappa shape index (κ3) is 2.51. The molecule has 0 aromatic heterocycles. The molecule has 3 N–H and O–H groups in total. The molecule has 3 nitrogen and oxygen atoms in total. The van der Waals surface area contributed by atoms with Crippen LogP contribution >= 0.6 is 11.6 Å².